The Morgan fingerprint density at radius 3 is 2.58 bits per heavy atom. The first kappa shape index (κ1) is 16.9. The third-order valence-electron chi connectivity index (χ3n) is 4.43. The highest BCUT2D eigenvalue weighted by molar-refractivity contribution is 7.11. The molecule has 26 heavy (non-hydrogen) atoms. The molecule has 132 valence electrons. The minimum Gasteiger partial charge on any atom is -0.364 e. The molecular formula is C20H19N3O2S. The summed E-state index contributed by atoms with van der Waals surface area (Å²) < 4.78 is 5.61. The maximum absolute atomic E-state index is 12.9. The maximum atomic E-state index is 12.9. The SMILES string of the molecule is Cc1nnc(COCC(=O)N2Cc3ccccc3Cc3ccccc32)s1. The van der Waals surface area contributed by atoms with Crippen LogP contribution in [0.5, 0.6) is 0 Å². The van der Waals surface area contributed by atoms with Crippen LogP contribution >= 0.6 is 11.3 Å². The van der Waals surface area contributed by atoms with Gasteiger partial charge in [0.2, 0.25) is 0 Å². The molecule has 4 rings (SSSR count). The van der Waals surface area contributed by atoms with Gasteiger partial charge in [-0.1, -0.05) is 53.8 Å². The van der Waals surface area contributed by atoms with Gasteiger partial charge in [-0.15, -0.1) is 10.2 Å². The second kappa shape index (κ2) is 7.35. The number of carbonyl (C=O) groups is 1. The molecule has 2 aromatic carbocycles. The van der Waals surface area contributed by atoms with Crippen LogP contribution in [0.1, 0.15) is 26.7 Å². The van der Waals surface area contributed by atoms with E-state index in [0.717, 1.165) is 27.7 Å². The van der Waals surface area contributed by atoms with Crippen molar-refractivity contribution in [2.75, 3.05) is 11.5 Å². The van der Waals surface area contributed by atoms with E-state index in [0.29, 0.717) is 13.2 Å². The Labute approximate surface area is 156 Å². The van der Waals surface area contributed by atoms with Crippen molar-refractivity contribution in [3.63, 3.8) is 0 Å². The number of anilines is 1. The topological polar surface area (TPSA) is 55.3 Å². The normalized spacial score (nSPS) is 13.0. The van der Waals surface area contributed by atoms with E-state index in [1.165, 1.54) is 22.5 Å². The van der Waals surface area contributed by atoms with Gasteiger partial charge in [0.05, 0.1) is 6.54 Å². The first-order valence-corrected chi connectivity index (χ1v) is 9.34. The minimum atomic E-state index is -0.0459. The molecule has 0 radical (unpaired) electrons. The minimum absolute atomic E-state index is 0.0229. The Kier molecular flexibility index (Phi) is 4.77. The Bertz CT molecular complexity index is 938. The van der Waals surface area contributed by atoms with Crippen molar-refractivity contribution in [3.05, 3.63) is 75.2 Å². The summed E-state index contributed by atoms with van der Waals surface area (Å²) in [6.45, 7) is 2.80. The van der Waals surface area contributed by atoms with E-state index < -0.39 is 0 Å². The molecule has 3 aromatic rings. The zero-order valence-corrected chi connectivity index (χ0v) is 15.3. The average molecular weight is 365 g/mol. The summed E-state index contributed by atoms with van der Waals surface area (Å²) in [7, 11) is 0. The number of hydrogen-bond donors (Lipinski definition) is 0. The molecule has 0 atom stereocenters. The molecule has 0 fully saturated rings. The number of rotatable bonds is 4. The summed E-state index contributed by atoms with van der Waals surface area (Å²) in [5.74, 6) is -0.0459. The van der Waals surface area contributed by atoms with Gasteiger partial charge in [0.25, 0.3) is 5.91 Å². The highest BCUT2D eigenvalue weighted by Gasteiger charge is 2.23. The molecule has 1 amide bonds. The fourth-order valence-corrected chi connectivity index (χ4v) is 3.84. The van der Waals surface area contributed by atoms with Crippen LogP contribution in [0.3, 0.4) is 0 Å². The molecule has 0 aliphatic carbocycles. The Morgan fingerprint density at radius 1 is 1.08 bits per heavy atom. The van der Waals surface area contributed by atoms with Crippen molar-refractivity contribution in [2.45, 2.75) is 26.5 Å². The third-order valence-corrected chi connectivity index (χ3v) is 5.24. The predicted molar refractivity (Wildman–Crippen MR) is 101 cm³/mol. The molecule has 1 aliphatic rings. The van der Waals surface area contributed by atoms with Crippen LogP contribution in [0.4, 0.5) is 5.69 Å². The molecule has 6 heteroatoms. The Morgan fingerprint density at radius 2 is 1.81 bits per heavy atom. The van der Waals surface area contributed by atoms with E-state index in [4.69, 9.17) is 4.74 Å². The average Bonchev–Trinajstić information content (AvgIpc) is 2.98. The predicted octanol–water partition coefficient (Wildman–Crippen LogP) is 3.50. The molecule has 1 aromatic heterocycles. The monoisotopic (exact) mass is 365 g/mol. The van der Waals surface area contributed by atoms with Crippen LogP contribution in [-0.4, -0.2) is 22.7 Å². The van der Waals surface area contributed by atoms with E-state index in [2.05, 4.69) is 28.4 Å². The molecule has 0 bridgehead atoms. The lowest BCUT2D eigenvalue weighted by molar-refractivity contribution is -0.123. The van der Waals surface area contributed by atoms with Gasteiger partial charge in [-0.2, -0.15) is 0 Å². The molecule has 0 N–H and O–H groups in total. The summed E-state index contributed by atoms with van der Waals surface area (Å²) in [6, 6.07) is 16.4. The fourth-order valence-electron chi connectivity index (χ4n) is 3.19. The van der Waals surface area contributed by atoms with Crippen molar-refractivity contribution >= 4 is 22.9 Å². The van der Waals surface area contributed by atoms with Gasteiger partial charge in [0.1, 0.15) is 23.2 Å². The Hall–Kier alpha value is -2.57. The number of amides is 1. The third kappa shape index (κ3) is 3.52. The molecule has 0 saturated heterocycles. The summed E-state index contributed by atoms with van der Waals surface area (Å²) in [6.07, 6.45) is 0.834. The van der Waals surface area contributed by atoms with Crippen LogP contribution < -0.4 is 4.90 Å². The molecule has 0 spiro atoms. The number of nitrogens with zero attached hydrogens (tertiary/aromatic N) is 3. The van der Waals surface area contributed by atoms with Crippen molar-refractivity contribution in [3.8, 4) is 0 Å². The molecule has 5 nitrogen and oxygen atoms in total. The van der Waals surface area contributed by atoms with Crippen LogP contribution in [-0.2, 0) is 29.1 Å². The number of para-hydroxylation sites is 1. The number of ether oxygens (including phenoxy) is 1. The summed E-state index contributed by atoms with van der Waals surface area (Å²) in [5, 5.41) is 9.67. The zero-order valence-electron chi connectivity index (χ0n) is 14.5. The lowest BCUT2D eigenvalue weighted by Gasteiger charge is -2.23. The first-order valence-electron chi connectivity index (χ1n) is 8.52. The van der Waals surface area contributed by atoms with Crippen molar-refractivity contribution in [1.29, 1.82) is 0 Å². The molecule has 0 unspecified atom stereocenters. The van der Waals surface area contributed by atoms with Gasteiger partial charge in [-0.25, -0.2) is 0 Å². The number of aromatic nitrogens is 2. The number of aryl methyl sites for hydroxylation is 1. The number of benzene rings is 2. The number of fused-ring (bicyclic) bond motifs is 2. The second-order valence-electron chi connectivity index (χ2n) is 6.26. The lowest BCUT2D eigenvalue weighted by Crippen LogP contribution is -2.33. The maximum Gasteiger partial charge on any atom is 0.253 e. The number of carbonyl (C=O) groups excluding carboxylic acids is 1. The first-order chi connectivity index (χ1) is 12.7. The van der Waals surface area contributed by atoms with Crippen molar-refractivity contribution < 1.29 is 9.53 Å². The van der Waals surface area contributed by atoms with E-state index >= 15 is 0 Å². The standard InChI is InChI=1S/C20H19N3O2S/c1-14-21-22-19(26-14)12-25-13-20(24)23-11-17-8-3-2-6-15(17)10-16-7-4-5-9-18(16)23/h2-9H,10-13H2,1H3. The van der Waals surface area contributed by atoms with E-state index in [1.54, 1.807) is 0 Å². The van der Waals surface area contributed by atoms with E-state index in [-0.39, 0.29) is 12.5 Å². The lowest BCUT2D eigenvalue weighted by atomic mass is 10.0. The largest absolute Gasteiger partial charge is 0.364 e. The fraction of sp³-hybridized carbons (Fsp3) is 0.250. The highest BCUT2D eigenvalue weighted by atomic mass is 32.1. The summed E-state index contributed by atoms with van der Waals surface area (Å²) >= 11 is 1.49. The van der Waals surface area contributed by atoms with Gasteiger partial charge in [0, 0.05) is 5.69 Å². The van der Waals surface area contributed by atoms with Gasteiger partial charge in [-0.3, -0.25) is 4.79 Å². The van der Waals surface area contributed by atoms with Crippen LogP contribution in [0.2, 0.25) is 0 Å². The van der Waals surface area contributed by atoms with Crippen molar-refractivity contribution in [1.82, 2.24) is 10.2 Å². The van der Waals surface area contributed by atoms with Gasteiger partial charge in [-0.05, 0) is 36.1 Å². The quantitative estimate of drug-likeness (QED) is 0.710. The highest BCUT2D eigenvalue weighted by Crippen LogP contribution is 2.30. The summed E-state index contributed by atoms with van der Waals surface area (Å²) in [4.78, 5) is 14.7. The van der Waals surface area contributed by atoms with Crippen LogP contribution in [0, 0.1) is 6.92 Å². The molecule has 2 heterocycles. The van der Waals surface area contributed by atoms with Crippen LogP contribution in [0.15, 0.2) is 48.5 Å². The smallest absolute Gasteiger partial charge is 0.253 e. The van der Waals surface area contributed by atoms with Gasteiger partial charge >= 0.3 is 0 Å². The van der Waals surface area contributed by atoms with Crippen LogP contribution in [0.25, 0.3) is 0 Å². The van der Waals surface area contributed by atoms with Gasteiger partial charge in [0.15, 0.2) is 0 Å². The molecular weight excluding hydrogens is 346 g/mol. The summed E-state index contributed by atoms with van der Waals surface area (Å²) in [5.41, 5.74) is 4.56. The second-order valence-corrected chi connectivity index (χ2v) is 7.53. The molecule has 0 saturated carbocycles. The zero-order chi connectivity index (χ0) is 17.9. The van der Waals surface area contributed by atoms with Crippen molar-refractivity contribution in [2.24, 2.45) is 0 Å². The number of hydrogen-bond acceptors (Lipinski definition) is 5. The Balaban J connectivity index is 1.53. The molecule has 1 aliphatic heterocycles. The van der Waals surface area contributed by atoms with E-state index in [1.807, 2.05) is 42.2 Å². The van der Waals surface area contributed by atoms with Gasteiger partial charge < -0.3 is 9.64 Å². The van der Waals surface area contributed by atoms with E-state index in [9.17, 15) is 4.79 Å².